The molecule has 0 saturated carbocycles. The van der Waals surface area contributed by atoms with E-state index in [0.29, 0.717) is 18.2 Å². The van der Waals surface area contributed by atoms with Crippen molar-refractivity contribution in [2.75, 3.05) is 6.54 Å². The second kappa shape index (κ2) is 5.49. The average molecular weight is 246 g/mol. The Morgan fingerprint density at radius 3 is 2.89 bits per heavy atom. The summed E-state index contributed by atoms with van der Waals surface area (Å²) in [5.41, 5.74) is 1.39. The molecule has 2 rings (SSSR count). The highest BCUT2D eigenvalue weighted by Gasteiger charge is 2.23. The SMILES string of the molecule is CC1CCN(Cc2cc(F)ccc2C#N)C(C)C1. The van der Waals surface area contributed by atoms with Crippen LogP contribution >= 0.6 is 0 Å². The summed E-state index contributed by atoms with van der Waals surface area (Å²) >= 11 is 0. The molecule has 1 fully saturated rings. The summed E-state index contributed by atoms with van der Waals surface area (Å²) in [7, 11) is 0. The van der Waals surface area contributed by atoms with Crippen LogP contribution in [0.1, 0.15) is 37.8 Å². The fourth-order valence-electron chi connectivity index (χ4n) is 2.71. The lowest BCUT2D eigenvalue weighted by molar-refractivity contribution is 0.122. The maximum absolute atomic E-state index is 13.3. The maximum Gasteiger partial charge on any atom is 0.123 e. The first-order chi connectivity index (χ1) is 8.60. The number of rotatable bonds is 2. The summed E-state index contributed by atoms with van der Waals surface area (Å²) in [4.78, 5) is 2.34. The predicted molar refractivity (Wildman–Crippen MR) is 69.4 cm³/mol. The molecule has 0 aromatic heterocycles. The third kappa shape index (κ3) is 2.88. The van der Waals surface area contributed by atoms with Crippen molar-refractivity contribution in [1.29, 1.82) is 5.26 Å². The highest BCUT2D eigenvalue weighted by Crippen LogP contribution is 2.24. The Morgan fingerprint density at radius 2 is 2.22 bits per heavy atom. The molecule has 1 aliphatic rings. The van der Waals surface area contributed by atoms with Gasteiger partial charge in [-0.1, -0.05) is 6.92 Å². The molecule has 0 bridgehead atoms. The van der Waals surface area contributed by atoms with Crippen molar-refractivity contribution < 1.29 is 4.39 Å². The number of nitrogens with zero attached hydrogens (tertiary/aromatic N) is 2. The zero-order chi connectivity index (χ0) is 13.1. The molecule has 0 aliphatic carbocycles. The molecular formula is C15H19FN2. The third-order valence-corrected chi connectivity index (χ3v) is 3.84. The zero-order valence-corrected chi connectivity index (χ0v) is 11.0. The van der Waals surface area contributed by atoms with Crippen LogP contribution in [0.5, 0.6) is 0 Å². The van der Waals surface area contributed by atoms with Gasteiger partial charge in [-0.2, -0.15) is 5.26 Å². The minimum absolute atomic E-state index is 0.262. The van der Waals surface area contributed by atoms with Crippen molar-refractivity contribution in [3.05, 3.63) is 35.1 Å². The molecule has 1 aliphatic heterocycles. The van der Waals surface area contributed by atoms with Gasteiger partial charge in [-0.15, -0.1) is 0 Å². The van der Waals surface area contributed by atoms with Crippen molar-refractivity contribution >= 4 is 0 Å². The van der Waals surface area contributed by atoms with Gasteiger partial charge in [0.25, 0.3) is 0 Å². The van der Waals surface area contributed by atoms with E-state index in [2.05, 4.69) is 24.8 Å². The Hall–Kier alpha value is -1.40. The van der Waals surface area contributed by atoms with Crippen molar-refractivity contribution in [2.24, 2.45) is 5.92 Å². The molecule has 1 aromatic carbocycles. The molecule has 2 atom stereocenters. The van der Waals surface area contributed by atoms with Crippen LogP contribution in [-0.4, -0.2) is 17.5 Å². The van der Waals surface area contributed by atoms with E-state index in [0.717, 1.165) is 18.0 Å². The van der Waals surface area contributed by atoms with E-state index in [9.17, 15) is 4.39 Å². The van der Waals surface area contributed by atoms with Crippen molar-refractivity contribution in [3.63, 3.8) is 0 Å². The Morgan fingerprint density at radius 1 is 1.44 bits per heavy atom. The topological polar surface area (TPSA) is 27.0 Å². The summed E-state index contributed by atoms with van der Waals surface area (Å²) < 4.78 is 13.3. The summed E-state index contributed by atoms with van der Waals surface area (Å²) in [6, 6.07) is 7.06. The van der Waals surface area contributed by atoms with Gasteiger partial charge in [0.1, 0.15) is 5.82 Å². The zero-order valence-electron chi connectivity index (χ0n) is 11.0. The number of likely N-dealkylation sites (tertiary alicyclic amines) is 1. The Labute approximate surface area is 108 Å². The van der Waals surface area contributed by atoms with Crippen LogP contribution < -0.4 is 0 Å². The van der Waals surface area contributed by atoms with Crippen LogP contribution in [0.3, 0.4) is 0 Å². The minimum atomic E-state index is -0.262. The Bertz CT molecular complexity index is 464. The largest absolute Gasteiger partial charge is 0.296 e. The lowest BCUT2D eigenvalue weighted by atomic mass is 9.92. The summed E-state index contributed by atoms with van der Waals surface area (Å²) in [6.07, 6.45) is 2.36. The van der Waals surface area contributed by atoms with Crippen molar-refractivity contribution in [1.82, 2.24) is 4.90 Å². The van der Waals surface area contributed by atoms with Crippen LogP contribution in [0.4, 0.5) is 4.39 Å². The summed E-state index contributed by atoms with van der Waals surface area (Å²) in [5, 5.41) is 9.06. The first-order valence-corrected chi connectivity index (χ1v) is 6.52. The standard InChI is InChI=1S/C15H19FN2/c1-11-5-6-18(12(2)7-11)10-14-8-15(16)4-3-13(14)9-17/h3-4,8,11-12H,5-7,10H2,1-2H3. The number of halogens is 1. The van der Waals surface area contributed by atoms with Gasteiger partial charge in [0.05, 0.1) is 11.6 Å². The van der Waals surface area contributed by atoms with E-state index in [4.69, 9.17) is 5.26 Å². The molecule has 3 heteroatoms. The van der Waals surface area contributed by atoms with Gasteiger partial charge in [-0.05, 0) is 56.0 Å². The van der Waals surface area contributed by atoms with Gasteiger partial charge in [0.15, 0.2) is 0 Å². The number of hydrogen-bond donors (Lipinski definition) is 0. The van der Waals surface area contributed by atoms with E-state index in [1.165, 1.54) is 25.0 Å². The lowest BCUT2D eigenvalue weighted by Gasteiger charge is -2.36. The second-order valence-electron chi connectivity index (χ2n) is 5.36. The second-order valence-corrected chi connectivity index (χ2v) is 5.36. The van der Waals surface area contributed by atoms with Crippen molar-refractivity contribution in [3.8, 4) is 6.07 Å². The first kappa shape index (κ1) is 13.0. The molecule has 2 nitrogen and oxygen atoms in total. The van der Waals surface area contributed by atoms with Crippen LogP contribution in [0.25, 0.3) is 0 Å². The summed E-state index contributed by atoms with van der Waals surface area (Å²) in [6.45, 7) is 6.19. The van der Waals surface area contributed by atoms with E-state index in [1.807, 2.05) is 0 Å². The van der Waals surface area contributed by atoms with Gasteiger partial charge < -0.3 is 0 Å². The Balaban J connectivity index is 2.14. The minimum Gasteiger partial charge on any atom is -0.296 e. The van der Waals surface area contributed by atoms with E-state index in [-0.39, 0.29) is 5.82 Å². The fourth-order valence-corrected chi connectivity index (χ4v) is 2.71. The Kier molecular flexibility index (Phi) is 3.98. The molecule has 0 spiro atoms. The number of benzene rings is 1. The number of piperidine rings is 1. The molecule has 0 radical (unpaired) electrons. The normalized spacial score (nSPS) is 24.8. The van der Waals surface area contributed by atoms with Crippen molar-refractivity contribution in [2.45, 2.75) is 39.3 Å². The maximum atomic E-state index is 13.3. The molecule has 18 heavy (non-hydrogen) atoms. The predicted octanol–water partition coefficient (Wildman–Crippen LogP) is 3.32. The molecule has 1 heterocycles. The van der Waals surface area contributed by atoms with Gasteiger partial charge in [-0.25, -0.2) is 4.39 Å². The fraction of sp³-hybridized carbons (Fsp3) is 0.533. The third-order valence-electron chi connectivity index (χ3n) is 3.84. The monoisotopic (exact) mass is 246 g/mol. The number of nitriles is 1. The number of hydrogen-bond acceptors (Lipinski definition) is 2. The molecule has 2 unspecified atom stereocenters. The van der Waals surface area contributed by atoms with Crippen LogP contribution in [-0.2, 0) is 6.54 Å². The molecule has 0 amide bonds. The summed E-state index contributed by atoms with van der Waals surface area (Å²) in [5.74, 6) is 0.501. The van der Waals surface area contributed by atoms with Crippen LogP contribution in [0.2, 0.25) is 0 Å². The van der Waals surface area contributed by atoms with Crippen LogP contribution in [0, 0.1) is 23.1 Å². The van der Waals surface area contributed by atoms with Gasteiger partial charge in [-0.3, -0.25) is 4.90 Å². The van der Waals surface area contributed by atoms with Gasteiger partial charge in [0.2, 0.25) is 0 Å². The lowest BCUT2D eigenvalue weighted by Crippen LogP contribution is -2.39. The quantitative estimate of drug-likeness (QED) is 0.800. The van der Waals surface area contributed by atoms with E-state index < -0.39 is 0 Å². The highest BCUT2D eigenvalue weighted by molar-refractivity contribution is 5.37. The molecule has 1 aromatic rings. The molecular weight excluding hydrogens is 227 g/mol. The molecule has 1 saturated heterocycles. The van der Waals surface area contributed by atoms with E-state index in [1.54, 1.807) is 6.07 Å². The van der Waals surface area contributed by atoms with Gasteiger partial charge >= 0.3 is 0 Å². The van der Waals surface area contributed by atoms with Crippen LogP contribution in [0.15, 0.2) is 18.2 Å². The average Bonchev–Trinajstić information content (AvgIpc) is 2.33. The molecule has 96 valence electrons. The first-order valence-electron chi connectivity index (χ1n) is 6.52. The smallest absolute Gasteiger partial charge is 0.123 e. The molecule has 0 N–H and O–H groups in total. The van der Waals surface area contributed by atoms with E-state index >= 15 is 0 Å². The van der Waals surface area contributed by atoms with Gasteiger partial charge in [0, 0.05) is 12.6 Å². The highest BCUT2D eigenvalue weighted by atomic mass is 19.1.